The van der Waals surface area contributed by atoms with Crippen LogP contribution in [0.4, 0.5) is 4.79 Å². The summed E-state index contributed by atoms with van der Waals surface area (Å²) in [4.78, 5) is 23.3. The zero-order valence-electron chi connectivity index (χ0n) is 10.1. The topological polar surface area (TPSA) is 77.8 Å². The standard InChI is InChI=1S/C13H14ClNO4/c14-9-3-1-8(2-4-9)7-10-5-6-11(12(16)17)15(10)13(18)19/h1-4,10-11H,5-7H2,(H,16,17)(H,18,19)/t10-,11+/m0/s1. The van der Waals surface area contributed by atoms with E-state index in [1.807, 2.05) is 12.1 Å². The van der Waals surface area contributed by atoms with Crippen molar-refractivity contribution in [2.24, 2.45) is 0 Å². The van der Waals surface area contributed by atoms with Crippen LogP contribution >= 0.6 is 11.6 Å². The van der Waals surface area contributed by atoms with E-state index < -0.39 is 18.1 Å². The van der Waals surface area contributed by atoms with Crippen LogP contribution in [0.1, 0.15) is 18.4 Å². The minimum absolute atomic E-state index is 0.292. The van der Waals surface area contributed by atoms with Crippen molar-refractivity contribution in [3.05, 3.63) is 34.9 Å². The first kappa shape index (κ1) is 13.7. The highest BCUT2D eigenvalue weighted by molar-refractivity contribution is 6.30. The second-order valence-electron chi connectivity index (χ2n) is 4.61. The van der Waals surface area contributed by atoms with E-state index in [0.29, 0.717) is 24.3 Å². The monoisotopic (exact) mass is 283 g/mol. The van der Waals surface area contributed by atoms with Crippen molar-refractivity contribution >= 4 is 23.7 Å². The molecule has 0 saturated carbocycles. The molecule has 6 heteroatoms. The number of halogens is 1. The quantitative estimate of drug-likeness (QED) is 0.893. The van der Waals surface area contributed by atoms with Gasteiger partial charge < -0.3 is 10.2 Å². The summed E-state index contributed by atoms with van der Waals surface area (Å²) in [5.74, 6) is -1.08. The van der Waals surface area contributed by atoms with Crippen LogP contribution in [0.2, 0.25) is 5.02 Å². The van der Waals surface area contributed by atoms with E-state index in [-0.39, 0.29) is 6.04 Å². The van der Waals surface area contributed by atoms with Gasteiger partial charge in [-0.15, -0.1) is 0 Å². The number of benzene rings is 1. The Labute approximate surface area is 115 Å². The second-order valence-corrected chi connectivity index (χ2v) is 5.04. The summed E-state index contributed by atoms with van der Waals surface area (Å²) in [7, 11) is 0. The van der Waals surface area contributed by atoms with Gasteiger partial charge in [0.1, 0.15) is 6.04 Å². The van der Waals surface area contributed by atoms with E-state index in [9.17, 15) is 9.59 Å². The molecular weight excluding hydrogens is 270 g/mol. The van der Waals surface area contributed by atoms with Gasteiger partial charge in [-0.1, -0.05) is 23.7 Å². The van der Waals surface area contributed by atoms with Crippen LogP contribution in [-0.2, 0) is 11.2 Å². The van der Waals surface area contributed by atoms with Crippen LogP contribution in [0.5, 0.6) is 0 Å². The van der Waals surface area contributed by atoms with Crippen molar-refractivity contribution in [1.82, 2.24) is 4.90 Å². The Balaban J connectivity index is 2.13. The maximum Gasteiger partial charge on any atom is 0.408 e. The van der Waals surface area contributed by atoms with Crippen LogP contribution in [0.3, 0.4) is 0 Å². The third kappa shape index (κ3) is 2.98. The Morgan fingerprint density at radius 2 is 1.84 bits per heavy atom. The molecule has 1 aliphatic rings. The van der Waals surface area contributed by atoms with E-state index in [4.69, 9.17) is 21.8 Å². The minimum Gasteiger partial charge on any atom is -0.480 e. The molecule has 0 unspecified atom stereocenters. The van der Waals surface area contributed by atoms with E-state index in [2.05, 4.69) is 0 Å². The maximum absolute atomic E-state index is 11.2. The van der Waals surface area contributed by atoms with Crippen LogP contribution in [0.15, 0.2) is 24.3 Å². The van der Waals surface area contributed by atoms with Gasteiger partial charge in [0.25, 0.3) is 0 Å². The number of rotatable bonds is 3. The smallest absolute Gasteiger partial charge is 0.408 e. The van der Waals surface area contributed by atoms with Gasteiger partial charge in [0.05, 0.1) is 0 Å². The zero-order valence-corrected chi connectivity index (χ0v) is 10.9. The number of aliphatic carboxylic acids is 1. The summed E-state index contributed by atoms with van der Waals surface area (Å²) in [5, 5.41) is 18.8. The van der Waals surface area contributed by atoms with E-state index >= 15 is 0 Å². The van der Waals surface area contributed by atoms with E-state index in [0.717, 1.165) is 10.5 Å². The molecule has 1 aliphatic heterocycles. The Bertz CT molecular complexity index is 488. The fourth-order valence-corrected chi connectivity index (χ4v) is 2.63. The molecule has 5 nitrogen and oxygen atoms in total. The molecule has 1 amide bonds. The van der Waals surface area contributed by atoms with Crippen LogP contribution in [0, 0.1) is 0 Å². The normalized spacial score (nSPS) is 22.5. The molecule has 0 spiro atoms. The number of hydrogen-bond donors (Lipinski definition) is 2. The zero-order chi connectivity index (χ0) is 14.0. The van der Waals surface area contributed by atoms with Gasteiger partial charge in [0.15, 0.2) is 0 Å². The number of amides is 1. The molecule has 2 atom stereocenters. The van der Waals surface area contributed by atoms with E-state index in [1.54, 1.807) is 12.1 Å². The number of hydrogen-bond acceptors (Lipinski definition) is 2. The SMILES string of the molecule is O=C(O)[C@H]1CC[C@@H](Cc2ccc(Cl)cc2)N1C(=O)O. The molecule has 19 heavy (non-hydrogen) atoms. The highest BCUT2D eigenvalue weighted by atomic mass is 35.5. The van der Waals surface area contributed by atoms with Gasteiger partial charge in [-0.3, -0.25) is 4.90 Å². The van der Waals surface area contributed by atoms with Crippen LogP contribution in [-0.4, -0.2) is 39.3 Å². The summed E-state index contributed by atoms with van der Waals surface area (Å²) < 4.78 is 0. The number of carboxylic acid groups (broad SMARTS) is 2. The average Bonchev–Trinajstić information content (AvgIpc) is 2.76. The van der Waals surface area contributed by atoms with Crippen molar-refractivity contribution < 1.29 is 19.8 Å². The van der Waals surface area contributed by atoms with E-state index in [1.165, 1.54) is 0 Å². The molecule has 0 bridgehead atoms. The Morgan fingerprint density at radius 1 is 1.21 bits per heavy atom. The predicted molar refractivity (Wildman–Crippen MR) is 69.5 cm³/mol. The minimum atomic E-state index is -1.18. The molecule has 0 aromatic heterocycles. The summed E-state index contributed by atoms with van der Waals surface area (Å²) in [6.45, 7) is 0. The molecule has 1 heterocycles. The van der Waals surface area contributed by atoms with Crippen molar-refractivity contribution in [1.29, 1.82) is 0 Å². The Kier molecular flexibility index (Phi) is 3.95. The molecule has 1 aromatic rings. The molecule has 2 rings (SSSR count). The molecule has 1 aromatic carbocycles. The number of nitrogens with zero attached hydrogens (tertiary/aromatic N) is 1. The van der Waals surface area contributed by atoms with Gasteiger partial charge >= 0.3 is 12.1 Å². The lowest BCUT2D eigenvalue weighted by molar-refractivity contribution is -0.142. The maximum atomic E-state index is 11.2. The first-order valence-electron chi connectivity index (χ1n) is 5.97. The van der Waals surface area contributed by atoms with Gasteiger partial charge in [-0.2, -0.15) is 0 Å². The lowest BCUT2D eigenvalue weighted by Crippen LogP contribution is -2.44. The van der Waals surface area contributed by atoms with Crippen molar-refractivity contribution in [3.63, 3.8) is 0 Å². The predicted octanol–water partition coefficient (Wildman–Crippen LogP) is 2.48. The third-order valence-corrected chi connectivity index (χ3v) is 3.65. The molecule has 2 N–H and O–H groups in total. The molecule has 1 fully saturated rings. The van der Waals surface area contributed by atoms with Crippen molar-refractivity contribution in [2.75, 3.05) is 0 Å². The second kappa shape index (κ2) is 5.48. The van der Waals surface area contributed by atoms with Gasteiger partial charge in [-0.25, -0.2) is 9.59 Å². The first-order valence-corrected chi connectivity index (χ1v) is 6.35. The van der Waals surface area contributed by atoms with Crippen molar-refractivity contribution in [3.8, 4) is 0 Å². The van der Waals surface area contributed by atoms with Gasteiger partial charge in [0, 0.05) is 11.1 Å². The van der Waals surface area contributed by atoms with Crippen LogP contribution < -0.4 is 0 Å². The van der Waals surface area contributed by atoms with Gasteiger partial charge in [-0.05, 0) is 37.0 Å². The van der Waals surface area contributed by atoms with Gasteiger partial charge in [0.2, 0.25) is 0 Å². The lowest BCUT2D eigenvalue weighted by atomic mass is 10.0. The first-order chi connectivity index (χ1) is 8.99. The van der Waals surface area contributed by atoms with Crippen molar-refractivity contribution in [2.45, 2.75) is 31.3 Å². The number of carboxylic acids is 1. The molecule has 1 saturated heterocycles. The Morgan fingerprint density at radius 3 is 2.37 bits per heavy atom. The molecule has 0 aliphatic carbocycles. The largest absolute Gasteiger partial charge is 0.480 e. The lowest BCUT2D eigenvalue weighted by Gasteiger charge is -2.25. The summed E-state index contributed by atoms with van der Waals surface area (Å²) in [6, 6.07) is 5.92. The molecule has 0 radical (unpaired) electrons. The highest BCUT2D eigenvalue weighted by Crippen LogP contribution is 2.27. The summed E-state index contributed by atoms with van der Waals surface area (Å²) in [6.07, 6.45) is 0.253. The fraction of sp³-hybridized carbons (Fsp3) is 0.385. The average molecular weight is 284 g/mol. The summed E-state index contributed by atoms with van der Waals surface area (Å²) in [5.41, 5.74) is 0.951. The third-order valence-electron chi connectivity index (χ3n) is 3.39. The number of likely N-dealkylation sites (tertiary alicyclic amines) is 1. The summed E-state index contributed by atoms with van der Waals surface area (Å²) >= 11 is 5.79. The highest BCUT2D eigenvalue weighted by Gasteiger charge is 2.40. The Hall–Kier alpha value is -1.75. The fourth-order valence-electron chi connectivity index (χ4n) is 2.51. The van der Waals surface area contributed by atoms with Crippen LogP contribution in [0.25, 0.3) is 0 Å². The number of carbonyl (C=O) groups is 2. The molecule has 102 valence electrons. The molecular formula is C13H14ClNO4.